The number of pyridine rings is 1. The first kappa shape index (κ1) is 15.6. The van der Waals surface area contributed by atoms with E-state index < -0.39 is 5.91 Å². The fourth-order valence-electron chi connectivity index (χ4n) is 2.30. The number of fused-ring (bicyclic) bond motifs is 1. The molecule has 0 spiro atoms. The van der Waals surface area contributed by atoms with Crippen LogP contribution in [0.2, 0.25) is 0 Å². The highest BCUT2D eigenvalue weighted by Crippen LogP contribution is 2.32. The number of primary amides is 1. The van der Waals surface area contributed by atoms with Crippen LogP contribution in [0.4, 0.5) is 0 Å². The number of nitrogens with zero attached hydrogens (tertiary/aromatic N) is 1. The molecule has 0 unspecified atom stereocenters. The van der Waals surface area contributed by atoms with Gasteiger partial charge in [0.2, 0.25) is 11.8 Å². The van der Waals surface area contributed by atoms with E-state index in [0.717, 1.165) is 10.9 Å². The van der Waals surface area contributed by atoms with Gasteiger partial charge in [0.1, 0.15) is 5.75 Å². The maximum atomic E-state index is 11.1. The number of carbonyl (C=O) groups excluding carboxylic acids is 1. The molecule has 0 aliphatic heterocycles. The lowest BCUT2D eigenvalue weighted by atomic mass is 10.2. The molecule has 0 aliphatic rings. The van der Waals surface area contributed by atoms with Gasteiger partial charge < -0.3 is 19.9 Å². The number of hydrogen-bond donors (Lipinski definition) is 1. The first-order valence-electron chi connectivity index (χ1n) is 7.21. The number of methoxy groups -OCH3 is 2. The fraction of sp³-hybridized carbons (Fsp3) is 0.111. The molecule has 24 heavy (non-hydrogen) atoms. The first-order valence-corrected chi connectivity index (χ1v) is 7.21. The van der Waals surface area contributed by atoms with Crippen LogP contribution in [0.25, 0.3) is 10.9 Å². The van der Waals surface area contributed by atoms with Gasteiger partial charge in [-0.2, -0.15) is 0 Å². The maximum absolute atomic E-state index is 11.1. The normalized spacial score (nSPS) is 10.4. The molecule has 1 aromatic heterocycles. The van der Waals surface area contributed by atoms with Crippen LogP contribution in [0.3, 0.4) is 0 Å². The summed E-state index contributed by atoms with van der Waals surface area (Å²) in [5, 5.41) is 0.907. The Morgan fingerprint density at radius 3 is 2.25 bits per heavy atom. The van der Waals surface area contributed by atoms with Crippen LogP contribution < -0.4 is 19.9 Å². The highest BCUT2D eigenvalue weighted by atomic mass is 16.5. The SMILES string of the molecule is COc1cc2ccc(Oc3ccc(C(N)=O)cc3)nc2cc1OC. The van der Waals surface area contributed by atoms with Crippen LogP contribution in [0.15, 0.2) is 48.5 Å². The van der Waals surface area contributed by atoms with Crippen molar-refractivity contribution in [2.45, 2.75) is 0 Å². The molecule has 1 heterocycles. The van der Waals surface area contributed by atoms with Crippen LogP contribution in [0, 0.1) is 0 Å². The number of nitrogens with two attached hydrogens (primary N) is 1. The molecule has 0 fully saturated rings. The van der Waals surface area contributed by atoms with Gasteiger partial charge in [-0.05, 0) is 36.4 Å². The molecular weight excluding hydrogens is 308 g/mol. The highest BCUT2D eigenvalue weighted by Gasteiger charge is 2.08. The maximum Gasteiger partial charge on any atom is 0.248 e. The van der Waals surface area contributed by atoms with Gasteiger partial charge in [0.05, 0.1) is 19.7 Å². The van der Waals surface area contributed by atoms with Gasteiger partial charge in [-0.15, -0.1) is 0 Å². The summed E-state index contributed by atoms with van der Waals surface area (Å²) in [7, 11) is 3.16. The van der Waals surface area contributed by atoms with Crippen LogP contribution in [-0.4, -0.2) is 25.1 Å². The topological polar surface area (TPSA) is 83.7 Å². The number of carbonyl (C=O) groups is 1. The van der Waals surface area contributed by atoms with Crippen molar-refractivity contribution in [3.8, 4) is 23.1 Å². The molecule has 0 radical (unpaired) electrons. The van der Waals surface area contributed by atoms with Gasteiger partial charge in [-0.3, -0.25) is 4.79 Å². The predicted molar refractivity (Wildman–Crippen MR) is 89.9 cm³/mol. The Balaban J connectivity index is 1.91. The fourth-order valence-corrected chi connectivity index (χ4v) is 2.30. The summed E-state index contributed by atoms with van der Waals surface area (Å²) in [4.78, 5) is 15.5. The molecule has 122 valence electrons. The lowest BCUT2D eigenvalue weighted by Crippen LogP contribution is -2.10. The van der Waals surface area contributed by atoms with E-state index in [4.69, 9.17) is 19.9 Å². The lowest BCUT2D eigenvalue weighted by molar-refractivity contribution is 0.100. The van der Waals surface area contributed by atoms with Crippen molar-refractivity contribution in [3.05, 3.63) is 54.1 Å². The number of ether oxygens (including phenoxy) is 3. The van der Waals surface area contributed by atoms with E-state index in [-0.39, 0.29) is 0 Å². The van der Waals surface area contributed by atoms with E-state index in [0.29, 0.717) is 28.7 Å². The summed E-state index contributed by atoms with van der Waals surface area (Å²) in [6.45, 7) is 0. The minimum absolute atomic E-state index is 0.422. The Labute approximate surface area is 138 Å². The lowest BCUT2D eigenvalue weighted by Gasteiger charge is -2.10. The van der Waals surface area contributed by atoms with Gasteiger partial charge in [-0.1, -0.05) is 0 Å². The third kappa shape index (κ3) is 3.08. The van der Waals surface area contributed by atoms with Gasteiger partial charge in [-0.25, -0.2) is 4.98 Å². The molecule has 6 heteroatoms. The van der Waals surface area contributed by atoms with Crippen molar-refractivity contribution in [2.24, 2.45) is 5.73 Å². The van der Waals surface area contributed by atoms with Crippen molar-refractivity contribution >= 4 is 16.8 Å². The van der Waals surface area contributed by atoms with Crippen molar-refractivity contribution in [3.63, 3.8) is 0 Å². The number of aromatic nitrogens is 1. The first-order chi connectivity index (χ1) is 11.6. The molecule has 0 bridgehead atoms. The molecule has 6 nitrogen and oxygen atoms in total. The number of benzene rings is 2. The van der Waals surface area contributed by atoms with Crippen molar-refractivity contribution in [2.75, 3.05) is 14.2 Å². The monoisotopic (exact) mass is 324 g/mol. The zero-order valence-electron chi connectivity index (χ0n) is 13.3. The van der Waals surface area contributed by atoms with Crippen LogP contribution in [0.5, 0.6) is 23.1 Å². The summed E-state index contributed by atoms with van der Waals surface area (Å²) in [5.74, 6) is 1.75. The second-order valence-electron chi connectivity index (χ2n) is 5.04. The highest BCUT2D eigenvalue weighted by molar-refractivity contribution is 5.92. The molecule has 1 amide bonds. The van der Waals surface area contributed by atoms with E-state index in [1.165, 1.54) is 0 Å². The van der Waals surface area contributed by atoms with E-state index >= 15 is 0 Å². The molecule has 0 saturated carbocycles. The standard InChI is InChI=1S/C18H16N2O4/c1-22-15-9-12-5-8-17(20-14(12)10-16(15)23-2)24-13-6-3-11(4-7-13)18(19)21/h3-10H,1-2H3,(H2,19,21). The number of amides is 1. The van der Waals surface area contributed by atoms with Gasteiger partial charge in [0.15, 0.2) is 11.5 Å². The summed E-state index contributed by atoms with van der Waals surface area (Å²) in [6, 6.07) is 13.8. The minimum Gasteiger partial charge on any atom is -0.493 e. The van der Waals surface area contributed by atoms with Gasteiger partial charge in [0.25, 0.3) is 0 Å². The molecule has 0 saturated heterocycles. The minimum atomic E-state index is -0.480. The Morgan fingerprint density at radius 1 is 0.958 bits per heavy atom. The molecular formula is C18H16N2O4. The quantitative estimate of drug-likeness (QED) is 0.779. The van der Waals surface area contributed by atoms with Crippen molar-refractivity contribution in [1.82, 2.24) is 4.98 Å². The Morgan fingerprint density at radius 2 is 1.62 bits per heavy atom. The average Bonchev–Trinajstić information content (AvgIpc) is 2.60. The van der Waals surface area contributed by atoms with E-state index in [1.54, 1.807) is 50.6 Å². The Kier molecular flexibility index (Phi) is 4.20. The van der Waals surface area contributed by atoms with E-state index in [1.807, 2.05) is 12.1 Å². The van der Waals surface area contributed by atoms with Crippen LogP contribution >= 0.6 is 0 Å². The van der Waals surface area contributed by atoms with Crippen molar-refractivity contribution < 1.29 is 19.0 Å². The molecule has 0 atom stereocenters. The largest absolute Gasteiger partial charge is 0.493 e. The third-order valence-corrected chi connectivity index (χ3v) is 3.53. The van der Waals surface area contributed by atoms with Crippen molar-refractivity contribution in [1.29, 1.82) is 0 Å². The summed E-state index contributed by atoms with van der Waals surface area (Å²) in [6.07, 6.45) is 0. The Hall–Kier alpha value is -3.28. The second kappa shape index (κ2) is 6.45. The number of hydrogen-bond acceptors (Lipinski definition) is 5. The Bertz CT molecular complexity index is 891. The van der Waals surface area contributed by atoms with E-state index in [2.05, 4.69) is 4.98 Å². The average molecular weight is 324 g/mol. The smallest absolute Gasteiger partial charge is 0.248 e. The van der Waals surface area contributed by atoms with Crippen LogP contribution in [0.1, 0.15) is 10.4 Å². The van der Waals surface area contributed by atoms with E-state index in [9.17, 15) is 4.79 Å². The van der Waals surface area contributed by atoms with Gasteiger partial charge in [0, 0.05) is 23.1 Å². The van der Waals surface area contributed by atoms with Crippen LogP contribution in [-0.2, 0) is 0 Å². The zero-order chi connectivity index (χ0) is 17.1. The molecule has 2 aromatic carbocycles. The predicted octanol–water partition coefficient (Wildman–Crippen LogP) is 3.14. The molecule has 0 aliphatic carbocycles. The molecule has 2 N–H and O–H groups in total. The zero-order valence-corrected chi connectivity index (χ0v) is 13.3. The second-order valence-corrected chi connectivity index (χ2v) is 5.04. The summed E-state index contributed by atoms with van der Waals surface area (Å²) < 4.78 is 16.3. The molecule has 3 rings (SSSR count). The molecule has 3 aromatic rings. The third-order valence-electron chi connectivity index (χ3n) is 3.53. The number of rotatable bonds is 5. The van der Waals surface area contributed by atoms with Gasteiger partial charge >= 0.3 is 0 Å². The summed E-state index contributed by atoms with van der Waals surface area (Å²) in [5.41, 5.74) is 6.36. The summed E-state index contributed by atoms with van der Waals surface area (Å²) >= 11 is 0.